The molecule has 1 heterocycles. The van der Waals surface area contributed by atoms with E-state index in [1.807, 2.05) is 0 Å². The van der Waals surface area contributed by atoms with Crippen molar-refractivity contribution >= 4 is 34.2 Å². The van der Waals surface area contributed by atoms with Gasteiger partial charge in [-0.1, -0.05) is 0 Å². The number of alkyl halides is 2. The van der Waals surface area contributed by atoms with E-state index in [9.17, 15) is 13.6 Å². The van der Waals surface area contributed by atoms with E-state index in [0.29, 0.717) is 3.57 Å². The minimum absolute atomic E-state index is 0.0234. The number of carboxylic acids is 1. The van der Waals surface area contributed by atoms with Crippen LogP contribution in [-0.4, -0.2) is 16.1 Å². The van der Waals surface area contributed by atoms with Gasteiger partial charge in [-0.15, -0.1) is 0 Å². The zero-order valence-corrected chi connectivity index (χ0v) is 9.53. The number of rotatable bonds is 3. The number of halogens is 3. The Kier molecular flexibility index (Phi) is 3.77. The molecule has 0 saturated carbocycles. The van der Waals surface area contributed by atoms with Crippen LogP contribution in [0, 0.1) is 3.57 Å². The highest BCUT2D eigenvalue weighted by Crippen LogP contribution is 2.25. The molecule has 0 atom stereocenters. The van der Waals surface area contributed by atoms with Crippen LogP contribution in [0.1, 0.15) is 17.8 Å². The predicted molar refractivity (Wildman–Crippen MR) is 57.7 cm³/mol. The molecule has 1 aromatic rings. The van der Waals surface area contributed by atoms with Crippen molar-refractivity contribution in [2.75, 3.05) is 5.73 Å². The second-order valence-corrected chi connectivity index (χ2v) is 3.92. The third-order valence-corrected chi connectivity index (χ3v) is 2.54. The van der Waals surface area contributed by atoms with Crippen molar-refractivity contribution in [3.05, 3.63) is 21.0 Å². The molecule has 0 bridgehead atoms. The normalized spacial score (nSPS) is 10.7. The monoisotopic (exact) mass is 328 g/mol. The lowest BCUT2D eigenvalue weighted by Crippen LogP contribution is -2.09. The first kappa shape index (κ1) is 12.1. The van der Waals surface area contributed by atoms with Crippen LogP contribution >= 0.6 is 22.6 Å². The summed E-state index contributed by atoms with van der Waals surface area (Å²) < 4.78 is 25.1. The van der Waals surface area contributed by atoms with Crippen molar-refractivity contribution in [2.45, 2.75) is 12.8 Å². The quantitative estimate of drug-likeness (QED) is 0.830. The zero-order chi connectivity index (χ0) is 11.6. The molecule has 0 aliphatic rings. The Morgan fingerprint density at radius 2 is 2.27 bits per heavy atom. The van der Waals surface area contributed by atoms with E-state index in [2.05, 4.69) is 4.98 Å². The molecule has 0 aliphatic carbocycles. The van der Waals surface area contributed by atoms with Crippen molar-refractivity contribution in [1.29, 1.82) is 0 Å². The van der Waals surface area contributed by atoms with Gasteiger partial charge in [0.1, 0.15) is 5.69 Å². The molecule has 1 aromatic heterocycles. The van der Waals surface area contributed by atoms with Gasteiger partial charge in [0.25, 0.3) is 6.43 Å². The zero-order valence-electron chi connectivity index (χ0n) is 7.38. The number of hydrogen-bond acceptors (Lipinski definition) is 3. The maximum absolute atomic E-state index is 12.3. The van der Waals surface area contributed by atoms with Gasteiger partial charge in [-0.05, 0) is 28.7 Å². The lowest BCUT2D eigenvalue weighted by molar-refractivity contribution is -0.136. The maximum atomic E-state index is 12.3. The molecule has 7 heteroatoms. The summed E-state index contributed by atoms with van der Waals surface area (Å²) in [7, 11) is 0. The molecule has 4 nitrogen and oxygen atoms in total. The van der Waals surface area contributed by atoms with E-state index < -0.39 is 24.5 Å². The largest absolute Gasteiger partial charge is 0.481 e. The fourth-order valence-electron chi connectivity index (χ4n) is 0.984. The number of pyridine rings is 1. The van der Waals surface area contributed by atoms with Crippen LogP contribution in [0.3, 0.4) is 0 Å². The van der Waals surface area contributed by atoms with Gasteiger partial charge in [-0.3, -0.25) is 4.79 Å². The Morgan fingerprint density at radius 3 is 2.73 bits per heavy atom. The number of aromatic nitrogens is 1. The van der Waals surface area contributed by atoms with Crippen LogP contribution in [0.4, 0.5) is 14.5 Å². The molecule has 0 aliphatic heterocycles. The number of nitrogens with two attached hydrogens (primary N) is 1. The van der Waals surface area contributed by atoms with Crippen LogP contribution in [-0.2, 0) is 11.2 Å². The molecular weight excluding hydrogens is 321 g/mol. The number of carboxylic acid groups (broad SMARTS) is 1. The van der Waals surface area contributed by atoms with Crippen molar-refractivity contribution in [2.24, 2.45) is 0 Å². The average molecular weight is 328 g/mol. The Bertz CT molecular complexity index is 398. The van der Waals surface area contributed by atoms with Gasteiger partial charge < -0.3 is 10.8 Å². The Hall–Kier alpha value is -0.990. The summed E-state index contributed by atoms with van der Waals surface area (Å²) in [6.07, 6.45) is -3.19. The third kappa shape index (κ3) is 2.98. The second-order valence-electron chi connectivity index (χ2n) is 2.76. The first-order valence-electron chi connectivity index (χ1n) is 3.86. The lowest BCUT2D eigenvalue weighted by atomic mass is 10.2. The van der Waals surface area contributed by atoms with Gasteiger partial charge in [0.05, 0.1) is 17.8 Å². The van der Waals surface area contributed by atoms with Crippen LogP contribution in [0.2, 0.25) is 0 Å². The minimum atomic E-state index is -2.73. The molecule has 0 fully saturated rings. The van der Waals surface area contributed by atoms with Gasteiger partial charge in [0.15, 0.2) is 0 Å². The van der Waals surface area contributed by atoms with Gasteiger partial charge in [-0.25, -0.2) is 13.8 Å². The average Bonchev–Trinajstić information content (AvgIpc) is 2.11. The highest BCUT2D eigenvalue weighted by molar-refractivity contribution is 14.1. The van der Waals surface area contributed by atoms with Crippen LogP contribution in [0.5, 0.6) is 0 Å². The van der Waals surface area contributed by atoms with E-state index in [0.717, 1.165) is 6.07 Å². The van der Waals surface area contributed by atoms with Gasteiger partial charge in [-0.2, -0.15) is 0 Å². The van der Waals surface area contributed by atoms with Crippen LogP contribution < -0.4 is 5.73 Å². The highest BCUT2D eigenvalue weighted by Gasteiger charge is 2.16. The third-order valence-electron chi connectivity index (χ3n) is 1.65. The molecule has 0 unspecified atom stereocenters. The molecule has 82 valence electrons. The molecular formula is C8H7F2IN2O2. The van der Waals surface area contributed by atoms with Crippen molar-refractivity contribution < 1.29 is 18.7 Å². The molecule has 0 radical (unpaired) electrons. The van der Waals surface area contributed by atoms with E-state index in [-0.39, 0.29) is 11.4 Å². The Morgan fingerprint density at radius 1 is 1.67 bits per heavy atom. The summed E-state index contributed by atoms with van der Waals surface area (Å²) in [6.45, 7) is 0. The second kappa shape index (κ2) is 4.69. The number of hydrogen-bond donors (Lipinski definition) is 2. The van der Waals surface area contributed by atoms with E-state index >= 15 is 0 Å². The maximum Gasteiger partial charge on any atom is 0.309 e. The summed E-state index contributed by atoms with van der Waals surface area (Å²) >= 11 is 1.76. The summed E-state index contributed by atoms with van der Waals surface area (Å²) in [5.41, 5.74) is 5.19. The first-order valence-corrected chi connectivity index (χ1v) is 4.94. The molecule has 0 spiro atoms. The van der Waals surface area contributed by atoms with Crippen LogP contribution in [0.25, 0.3) is 0 Å². The smallest absolute Gasteiger partial charge is 0.309 e. The van der Waals surface area contributed by atoms with Gasteiger partial charge >= 0.3 is 5.97 Å². The minimum Gasteiger partial charge on any atom is -0.481 e. The van der Waals surface area contributed by atoms with Gasteiger partial charge in [0.2, 0.25) is 0 Å². The van der Waals surface area contributed by atoms with Crippen molar-refractivity contribution in [1.82, 2.24) is 4.98 Å². The predicted octanol–water partition coefficient (Wildman–Crippen LogP) is 1.83. The number of anilines is 1. The summed E-state index contributed by atoms with van der Waals surface area (Å²) in [5, 5.41) is 8.53. The molecule has 0 saturated heterocycles. The molecule has 0 amide bonds. The van der Waals surface area contributed by atoms with Crippen LogP contribution in [0.15, 0.2) is 6.07 Å². The molecule has 1 rings (SSSR count). The Labute approximate surface area is 97.6 Å². The SMILES string of the molecule is Nc1c(I)cc(C(F)F)nc1CC(=O)O. The van der Waals surface area contributed by atoms with Crippen molar-refractivity contribution in [3.8, 4) is 0 Å². The van der Waals surface area contributed by atoms with Crippen molar-refractivity contribution in [3.63, 3.8) is 0 Å². The van der Waals surface area contributed by atoms with E-state index in [1.165, 1.54) is 0 Å². The molecule has 15 heavy (non-hydrogen) atoms. The number of carbonyl (C=O) groups is 1. The Balaban J connectivity index is 3.18. The number of nitrogen functional groups attached to an aromatic ring is 1. The summed E-state index contributed by atoms with van der Waals surface area (Å²) in [6, 6.07) is 1.14. The number of aliphatic carboxylic acids is 1. The topological polar surface area (TPSA) is 76.2 Å². The fourth-order valence-corrected chi connectivity index (χ4v) is 1.61. The number of nitrogens with zero attached hydrogens (tertiary/aromatic N) is 1. The van der Waals surface area contributed by atoms with E-state index in [4.69, 9.17) is 10.8 Å². The standard InChI is InChI=1S/C8H7F2IN2O2/c9-8(10)5-1-3(11)7(12)4(13-5)2-6(14)15/h1,8H,2,12H2,(H,14,15). The highest BCUT2D eigenvalue weighted by atomic mass is 127. The van der Waals surface area contributed by atoms with Gasteiger partial charge in [0, 0.05) is 3.57 Å². The lowest BCUT2D eigenvalue weighted by Gasteiger charge is -2.07. The molecule has 0 aromatic carbocycles. The molecule has 3 N–H and O–H groups in total. The first-order chi connectivity index (χ1) is 6.91. The summed E-state index contributed by atoms with van der Waals surface area (Å²) in [4.78, 5) is 13.9. The summed E-state index contributed by atoms with van der Waals surface area (Å²) in [5.74, 6) is -1.16. The fraction of sp³-hybridized carbons (Fsp3) is 0.250. The van der Waals surface area contributed by atoms with E-state index in [1.54, 1.807) is 22.6 Å².